The number of hydrogen-bond donors (Lipinski definition) is 2. The predicted octanol–water partition coefficient (Wildman–Crippen LogP) is 5.12. The van der Waals surface area contributed by atoms with Gasteiger partial charge >= 0.3 is 12.1 Å². The van der Waals surface area contributed by atoms with Gasteiger partial charge in [-0.2, -0.15) is 13.2 Å². The molecule has 0 radical (unpaired) electrons. The van der Waals surface area contributed by atoms with Crippen LogP contribution in [0.3, 0.4) is 0 Å². The van der Waals surface area contributed by atoms with E-state index in [2.05, 4.69) is 10.2 Å². The Morgan fingerprint density at radius 3 is 2.49 bits per heavy atom. The van der Waals surface area contributed by atoms with Crippen LogP contribution in [-0.2, 0) is 22.3 Å². The molecule has 5 rings (SSSR count). The minimum Gasteiger partial charge on any atom is -0.478 e. The number of rotatable bonds is 7. The number of halogens is 5. The van der Waals surface area contributed by atoms with Gasteiger partial charge in [0.25, 0.3) is 5.91 Å². The second kappa shape index (κ2) is 10.5. The van der Waals surface area contributed by atoms with E-state index < -0.39 is 40.9 Å². The Morgan fingerprint density at radius 1 is 1.08 bits per heavy atom. The number of alkyl halides is 3. The van der Waals surface area contributed by atoms with E-state index in [9.17, 15) is 36.6 Å². The second-order valence-corrected chi connectivity index (χ2v) is 10.7. The van der Waals surface area contributed by atoms with E-state index in [1.54, 1.807) is 6.07 Å². The summed E-state index contributed by atoms with van der Waals surface area (Å²) in [7, 11) is 0. The molecule has 2 N–H and O–H groups in total. The highest BCUT2D eigenvalue weighted by Crippen LogP contribution is 2.47. The van der Waals surface area contributed by atoms with E-state index in [1.807, 2.05) is 0 Å². The molecule has 1 aliphatic carbocycles. The summed E-state index contributed by atoms with van der Waals surface area (Å²) in [5, 5.41) is 11.9. The van der Waals surface area contributed by atoms with Crippen LogP contribution in [0.1, 0.15) is 65.1 Å². The van der Waals surface area contributed by atoms with Gasteiger partial charge in [0.2, 0.25) is 0 Å². The molecule has 0 bridgehead atoms. The van der Waals surface area contributed by atoms with Gasteiger partial charge in [0.05, 0.1) is 17.7 Å². The molecule has 2 saturated heterocycles. The van der Waals surface area contributed by atoms with E-state index in [0.29, 0.717) is 32.1 Å². The molecule has 2 aromatic rings. The zero-order chi connectivity index (χ0) is 27.9. The van der Waals surface area contributed by atoms with Crippen LogP contribution >= 0.6 is 0 Å². The monoisotopic (exact) mass is 552 g/mol. The van der Waals surface area contributed by atoms with Crippen LogP contribution in [-0.4, -0.2) is 53.2 Å². The lowest BCUT2D eigenvalue weighted by atomic mass is 9.86. The number of ether oxygens (including phenoxy) is 1. The maximum absolute atomic E-state index is 13.8. The standard InChI is InChI=1S/C28H29F5N2O4/c29-21-10-16(9-20(12-21)28(31,32)33)13-34-26(38)27(19-2-3-19)7-5-22(15-39-27)35-8-6-18(14-35)17-1-4-24(30)23(11-17)25(36)37/h1,4,9-12,18-19,22H,2-3,5-8,13-15H2,(H,34,38)(H,36,37)/t18?,22?,27-/m0/s1. The number of benzene rings is 2. The highest BCUT2D eigenvalue weighted by Gasteiger charge is 2.54. The van der Waals surface area contributed by atoms with Gasteiger partial charge in [-0.25, -0.2) is 13.6 Å². The van der Waals surface area contributed by atoms with Gasteiger partial charge in [0.1, 0.15) is 17.2 Å². The molecule has 2 aromatic carbocycles. The third-order valence-electron chi connectivity index (χ3n) is 8.17. The molecule has 0 aromatic heterocycles. The lowest BCUT2D eigenvalue weighted by Crippen LogP contribution is -2.56. The van der Waals surface area contributed by atoms with Crippen molar-refractivity contribution in [2.24, 2.45) is 5.92 Å². The van der Waals surface area contributed by atoms with E-state index >= 15 is 0 Å². The van der Waals surface area contributed by atoms with Crippen molar-refractivity contribution in [3.05, 3.63) is 70.3 Å². The third kappa shape index (κ3) is 5.79. The summed E-state index contributed by atoms with van der Waals surface area (Å²) in [6.45, 7) is 1.47. The molecular formula is C28H29F5N2O4. The smallest absolute Gasteiger partial charge is 0.416 e. The second-order valence-electron chi connectivity index (χ2n) is 10.7. The Hall–Kier alpha value is -3.05. The molecule has 3 aliphatic rings. The van der Waals surface area contributed by atoms with Gasteiger partial charge in [-0.3, -0.25) is 9.69 Å². The molecular weight excluding hydrogens is 523 g/mol. The third-order valence-corrected chi connectivity index (χ3v) is 8.17. The molecule has 3 atom stereocenters. The average molecular weight is 553 g/mol. The maximum Gasteiger partial charge on any atom is 0.416 e. The van der Waals surface area contributed by atoms with Crippen molar-refractivity contribution in [2.75, 3.05) is 19.7 Å². The van der Waals surface area contributed by atoms with Crippen LogP contribution in [0, 0.1) is 17.6 Å². The number of carbonyl (C=O) groups is 2. The number of carbonyl (C=O) groups excluding carboxylic acids is 1. The Kier molecular flexibility index (Phi) is 7.41. The van der Waals surface area contributed by atoms with Crippen molar-refractivity contribution in [1.29, 1.82) is 0 Å². The van der Waals surface area contributed by atoms with Crippen molar-refractivity contribution < 1.29 is 41.4 Å². The highest BCUT2D eigenvalue weighted by atomic mass is 19.4. The first-order chi connectivity index (χ1) is 18.5. The van der Waals surface area contributed by atoms with E-state index in [1.165, 1.54) is 12.1 Å². The maximum atomic E-state index is 13.8. The summed E-state index contributed by atoms with van der Waals surface area (Å²) in [6, 6.07) is 6.46. The van der Waals surface area contributed by atoms with Crippen LogP contribution in [0.15, 0.2) is 36.4 Å². The Bertz CT molecular complexity index is 1250. The van der Waals surface area contributed by atoms with E-state index in [-0.39, 0.29) is 35.5 Å². The highest BCUT2D eigenvalue weighted by molar-refractivity contribution is 5.88. The summed E-state index contributed by atoms with van der Waals surface area (Å²) < 4.78 is 73.0. The van der Waals surface area contributed by atoms with Crippen LogP contribution < -0.4 is 5.32 Å². The normalized spacial score (nSPS) is 26.0. The molecule has 39 heavy (non-hydrogen) atoms. The quantitative estimate of drug-likeness (QED) is 0.467. The first-order valence-electron chi connectivity index (χ1n) is 13.0. The largest absolute Gasteiger partial charge is 0.478 e. The lowest BCUT2D eigenvalue weighted by molar-refractivity contribution is -0.164. The molecule has 1 amide bonds. The fourth-order valence-electron chi connectivity index (χ4n) is 5.91. The number of amides is 1. The summed E-state index contributed by atoms with van der Waals surface area (Å²) in [4.78, 5) is 26.8. The van der Waals surface area contributed by atoms with Gasteiger partial charge in [-0.1, -0.05) is 6.07 Å². The number of likely N-dealkylation sites (tertiary alicyclic amines) is 1. The number of hydrogen-bond acceptors (Lipinski definition) is 4. The fraction of sp³-hybridized carbons (Fsp3) is 0.500. The first kappa shape index (κ1) is 27.5. The summed E-state index contributed by atoms with van der Waals surface area (Å²) >= 11 is 0. The minimum absolute atomic E-state index is 0.0188. The number of carboxylic acid groups (broad SMARTS) is 1. The molecule has 0 spiro atoms. The van der Waals surface area contributed by atoms with Crippen molar-refractivity contribution in [3.8, 4) is 0 Å². The Labute approximate surface area is 222 Å². The number of carboxylic acids is 1. The SMILES string of the molecule is O=C(O)c1cc(C2CCN(C3CC[C@@](C(=O)NCc4cc(F)cc(C(F)(F)F)c4)(C4CC4)OC3)C2)ccc1F. The molecule has 210 valence electrons. The summed E-state index contributed by atoms with van der Waals surface area (Å²) in [6.07, 6.45) is -1.15. The zero-order valence-electron chi connectivity index (χ0n) is 21.1. The van der Waals surface area contributed by atoms with Crippen LogP contribution in [0.2, 0.25) is 0 Å². The number of nitrogens with zero attached hydrogens (tertiary/aromatic N) is 1. The van der Waals surface area contributed by atoms with Crippen molar-refractivity contribution in [2.45, 2.75) is 62.4 Å². The minimum atomic E-state index is -4.69. The van der Waals surface area contributed by atoms with Crippen LogP contribution in [0.5, 0.6) is 0 Å². The average Bonchev–Trinajstić information content (AvgIpc) is 3.64. The van der Waals surface area contributed by atoms with Crippen LogP contribution in [0.4, 0.5) is 22.0 Å². The van der Waals surface area contributed by atoms with Crippen molar-refractivity contribution in [3.63, 3.8) is 0 Å². The molecule has 2 unspecified atom stereocenters. The van der Waals surface area contributed by atoms with Gasteiger partial charge in [0, 0.05) is 19.1 Å². The van der Waals surface area contributed by atoms with E-state index in [4.69, 9.17) is 4.74 Å². The Morgan fingerprint density at radius 2 is 1.85 bits per heavy atom. The molecule has 2 heterocycles. The molecule has 11 heteroatoms. The topological polar surface area (TPSA) is 78.9 Å². The molecule has 1 saturated carbocycles. The van der Waals surface area contributed by atoms with Crippen molar-refractivity contribution >= 4 is 11.9 Å². The van der Waals surface area contributed by atoms with Crippen molar-refractivity contribution in [1.82, 2.24) is 10.2 Å². The molecule has 2 aliphatic heterocycles. The van der Waals surface area contributed by atoms with Gasteiger partial charge in [0.15, 0.2) is 0 Å². The summed E-state index contributed by atoms with van der Waals surface area (Å²) in [5.74, 6) is -3.42. The zero-order valence-corrected chi connectivity index (χ0v) is 21.1. The lowest BCUT2D eigenvalue weighted by Gasteiger charge is -2.42. The fourth-order valence-corrected chi connectivity index (χ4v) is 5.91. The number of aromatic carboxylic acids is 1. The molecule has 6 nitrogen and oxygen atoms in total. The van der Waals surface area contributed by atoms with E-state index in [0.717, 1.165) is 43.5 Å². The molecule has 3 fully saturated rings. The van der Waals surface area contributed by atoms with Gasteiger partial charge < -0.3 is 15.2 Å². The Balaban J connectivity index is 1.20. The van der Waals surface area contributed by atoms with Gasteiger partial charge in [-0.15, -0.1) is 0 Å². The van der Waals surface area contributed by atoms with Crippen LogP contribution in [0.25, 0.3) is 0 Å². The first-order valence-corrected chi connectivity index (χ1v) is 13.0. The number of nitrogens with one attached hydrogen (secondary N) is 1. The predicted molar refractivity (Wildman–Crippen MR) is 130 cm³/mol. The van der Waals surface area contributed by atoms with Gasteiger partial charge in [-0.05, 0) is 91.9 Å². The summed E-state index contributed by atoms with van der Waals surface area (Å²) in [5.41, 5.74) is -1.73.